The van der Waals surface area contributed by atoms with Crippen molar-refractivity contribution >= 4 is 11.8 Å². The summed E-state index contributed by atoms with van der Waals surface area (Å²) in [6.07, 6.45) is 0. The number of aromatic nitrogens is 2. The van der Waals surface area contributed by atoms with E-state index in [0.717, 1.165) is 5.56 Å². The molecule has 0 fully saturated rings. The van der Waals surface area contributed by atoms with Gasteiger partial charge in [0.2, 0.25) is 0 Å². The van der Waals surface area contributed by atoms with Crippen LogP contribution in [0.1, 0.15) is 16.1 Å². The Balaban J connectivity index is 2.16. The average molecular weight is 286 g/mol. The van der Waals surface area contributed by atoms with Crippen molar-refractivity contribution in [2.75, 3.05) is 25.1 Å². The summed E-state index contributed by atoms with van der Waals surface area (Å²) >= 11 is 0. The van der Waals surface area contributed by atoms with E-state index >= 15 is 0 Å². The van der Waals surface area contributed by atoms with Crippen LogP contribution in [0.3, 0.4) is 0 Å². The second-order valence-electron chi connectivity index (χ2n) is 4.46. The minimum atomic E-state index is -0.498. The van der Waals surface area contributed by atoms with Crippen LogP contribution in [0.5, 0.6) is 0 Å². The van der Waals surface area contributed by atoms with Crippen molar-refractivity contribution in [3.05, 3.63) is 53.7 Å². The molecule has 0 aliphatic carbocycles. The van der Waals surface area contributed by atoms with Gasteiger partial charge < -0.3 is 15.4 Å². The van der Waals surface area contributed by atoms with Crippen molar-refractivity contribution in [1.29, 1.82) is 0 Å². The van der Waals surface area contributed by atoms with Gasteiger partial charge in [0.1, 0.15) is 0 Å². The molecule has 0 spiro atoms. The van der Waals surface area contributed by atoms with Crippen LogP contribution in [-0.4, -0.2) is 36.4 Å². The van der Waals surface area contributed by atoms with E-state index in [2.05, 4.69) is 14.9 Å². The van der Waals surface area contributed by atoms with Crippen LogP contribution in [0.15, 0.2) is 42.5 Å². The monoisotopic (exact) mass is 286 g/mol. The number of carbonyl (C=O) groups excluding carboxylic acids is 1. The smallest absolute Gasteiger partial charge is 0.358 e. The van der Waals surface area contributed by atoms with Gasteiger partial charge in [0, 0.05) is 19.6 Å². The minimum Gasteiger partial charge on any atom is -0.464 e. The molecule has 0 bridgehead atoms. The van der Waals surface area contributed by atoms with Crippen molar-refractivity contribution in [2.24, 2.45) is 5.73 Å². The highest BCUT2D eigenvalue weighted by Gasteiger charge is 2.12. The highest BCUT2D eigenvalue weighted by Crippen LogP contribution is 2.13. The molecule has 6 heteroatoms. The van der Waals surface area contributed by atoms with E-state index in [1.165, 1.54) is 7.11 Å². The lowest BCUT2D eigenvalue weighted by Crippen LogP contribution is -2.30. The molecule has 0 amide bonds. The Hall–Kier alpha value is -2.47. The molecule has 1 aromatic carbocycles. The van der Waals surface area contributed by atoms with Crippen molar-refractivity contribution in [3.8, 4) is 0 Å². The van der Waals surface area contributed by atoms with Gasteiger partial charge in [-0.2, -0.15) is 0 Å². The van der Waals surface area contributed by atoms with Gasteiger partial charge in [0.25, 0.3) is 0 Å². The van der Waals surface area contributed by atoms with Gasteiger partial charge in [-0.3, -0.25) is 0 Å². The second kappa shape index (κ2) is 7.35. The fourth-order valence-electron chi connectivity index (χ4n) is 1.94. The van der Waals surface area contributed by atoms with Crippen LogP contribution in [-0.2, 0) is 11.3 Å². The van der Waals surface area contributed by atoms with Gasteiger partial charge in [-0.25, -0.2) is 4.79 Å². The highest BCUT2D eigenvalue weighted by atomic mass is 16.5. The van der Waals surface area contributed by atoms with Crippen molar-refractivity contribution < 1.29 is 9.53 Å². The van der Waals surface area contributed by atoms with E-state index in [0.29, 0.717) is 25.5 Å². The Bertz CT molecular complexity index is 572. The number of methoxy groups -OCH3 is 1. The third kappa shape index (κ3) is 4.00. The summed E-state index contributed by atoms with van der Waals surface area (Å²) in [7, 11) is 1.31. The van der Waals surface area contributed by atoms with E-state index in [-0.39, 0.29) is 5.69 Å². The first-order valence-corrected chi connectivity index (χ1v) is 6.65. The number of anilines is 1. The molecule has 6 nitrogen and oxygen atoms in total. The zero-order valence-electron chi connectivity index (χ0n) is 11.9. The summed E-state index contributed by atoms with van der Waals surface area (Å²) in [5.41, 5.74) is 7.00. The largest absolute Gasteiger partial charge is 0.464 e. The Kier molecular flexibility index (Phi) is 5.22. The van der Waals surface area contributed by atoms with Crippen LogP contribution in [0.25, 0.3) is 0 Å². The van der Waals surface area contributed by atoms with Crippen molar-refractivity contribution in [1.82, 2.24) is 10.2 Å². The van der Waals surface area contributed by atoms with E-state index in [1.807, 2.05) is 35.2 Å². The number of hydrogen-bond acceptors (Lipinski definition) is 6. The summed E-state index contributed by atoms with van der Waals surface area (Å²) < 4.78 is 4.60. The molecular formula is C15H18N4O2. The molecule has 1 heterocycles. The molecule has 0 saturated heterocycles. The number of ether oxygens (including phenoxy) is 1. The summed E-state index contributed by atoms with van der Waals surface area (Å²) in [6.45, 7) is 1.85. The topological polar surface area (TPSA) is 81.3 Å². The quantitative estimate of drug-likeness (QED) is 0.804. The zero-order valence-corrected chi connectivity index (χ0v) is 11.9. The molecule has 2 aromatic rings. The van der Waals surface area contributed by atoms with Gasteiger partial charge in [-0.15, -0.1) is 10.2 Å². The number of carbonyl (C=O) groups is 1. The van der Waals surface area contributed by atoms with Crippen molar-refractivity contribution in [2.45, 2.75) is 6.54 Å². The van der Waals surface area contributed by atoms with Crippen LogP contribution in [0, 0.1) is 0 Å². The predicted molar refractivity (Wildman–Crippen MR) is 79.9 cm³/mol. The lowest BCUT2D eigenvalue weighted by molar-refractivity contribution is 0.0592. The number of esters is 1. The fourth-order valence-corrected chi connectivity index (χ4v) is 1.94. The van der Waals surface area contributed by atoms with Crippen LogP contribution in [0.4, 0.5) is 5.82 Å². The lowest BCUT2D eigenvalue weighted by atomic mass is 10.2. The zero-order chi connectivity index (χ0) is 15.1. The maximum absolute atomic E-state index is 11.4. The second-order valence-corrected chi connectivity index (χ2v) is 4.46. The van der Waals surface area contributed by atoms with Gasteiger partial charge in [-0.1, -0.05) is 30.3 Å². The molecule has 1 aromatic heterocycles. The number of benzene rings is 1. The van der Waals surface area contributed by atoms with Crippen LogP contribution < -0.4 is 10.6 Å². The number of nitrogens with zero attached hydrogens (tertiary/aromatic N) is 3. The Morgan fingerprint density at radius 3 is 2.52 bits per heavy atom. The summed E-state index contributed by atoms with van der Waals surface area (Å²) in [5, 5.41) is 7.97. The maximum Gasteiger partial charge on any atom is 0.358 e. The molecule has 2 rings (SSSR count). The van der Waals surface area contributed by atoms with Gasteiger partial charge in [0.05, 0.1) is 7.11 Å². The van der Waals surface area contributed by atoms with E-state index < -0.39 is 5.97 Å². The maximum atomic E-state index is 11.4. The first-order chi connectivity index (χ1) is 10.2. The first kappa shape index (κ1) is 14.9. The molecule has 110 valence electrons. The SMILES string of the molecule is COC(=O)c1ccc(N(CCN)Cc2ccccc2)nn1. The standard InChI is InChI=1S/C15H18N4O2/c1-21-15(20)13-7-8-14(18-17-13)19(10-9-16)11-12-5-3-2-4-6-12/h2-8H,9-11,16H2,1H3. The third-order valence-electron chi connectivity index (χ3n) is 2.98. The minimum absolute atomic E-state index is 0.189. The van der Waals surface area contributed by atoms with Crippen LogP contribution >= 0.6 is 0 Å². The third-order valence-corrected chi connectivity index (χ3v) is 2.98. The molecule has 21 heavy (non-hydrogen) atoms. The van der Waals surface area contributed by atoms with Crippen LogP contribution in [0.2, 0.25) is 0 Å². The fraction of sp³-hybridized carbons (Fsp3) is 0.267. The number of nitrogens with two attached hydrogens (primary N) is 1. The molecule has 0 aliphatic rings. The van der Waals surface area contributed by atoms with Gasteiger partial charge >= 0.3 is 5.97 Å². The number of rotatable bonds is 6. The Labute approximate surface area is 123 Å². The predicted octanol–water partition coefficient (Wildman–Crippen LogP) is 1.23. The van der Waals surface area contributed by atoms with Gasteiger partial charge in [0.15, 0.2) is 11.5 Å². The summed E-state index contributed by atoms with van der Waals surface area (Å²) in [4.78, 5) is 13.4. The summed E-state index contributed by atoms with van der Waals surface area (Å²) in [6, 6.07) is 13.4. The highest BCUT2D eigenvalue weighted by molar-refractivity contribution is 5.86. The molecule has 0 unspecified atom stereocenters. The van der Waals surface area contributed by atoms with E-state index in [9.17, 15) is 4.79 Å². The molecular weight excluding hydrogens is 268 g/mol. The summed E-state index contributed by atoms with van der Waals surface area (Å²) in [5.74, 6) is 0.180. The van der Waals surface area contributed by atoms with E-state index in [4.69, 9.17) is 5.73 Å². The van der Waals surface area contributed by atoms with E-state index in [1.54, 1.807) is 12.1 Å². The Morgan fingerprint density at radius 2 is 1.95 bits per heavy atom. The average Bonchev–Trinajstić information content (AvgIpc) is 2.55. The molecule has 0 atom stereocenters. The molecule has 0 saturated carbocycles. The van der Waals surface area contributed by atoms with Crippen molar-refractivity contribution in [3.63, 3.8) is 0 Å². The molecule has 0 aliphatic heterocycles. The van der Waals surface area contributed by atoms with Gasteiger partial charge in [-0.05, 0) is 17.7 Å². The molecule has 0 radical (unpaired) electrons. The Morgan fingerprint density at radius 1 is 1.19 bits per heavy atom. The molecule has 2 N–H and O–H groups in total. The lowest BCUT2D eigenvalue weighted by Gasteiger charge is -2.22. The normalized spacial score (nSPS) is 10.2. The first-order valence-electron chi connectivity index (χ1n) is 6.65. The number of hydrogen-bond donors (Lipinski definition) is 1.